The number of allylic oxidation sites excluding steroid dienone is 1. The average molecular weight is 409 g/mol. The van der Waals surface area contributed by atoms with Crippen molar-refractivity contribution in [3.63, 3.8) is 0 Å². The van der Waals surface area contributed by atoms with Crippen molar-refractivity contribution >= 4 is 17.8 Å². The second-order valence-electron chi connectivity index (χ2n) is 8.68. The first kappa shape index (κ1) is 20.2. The highest BCUT2D eigenvalue weighted by atomic mass is 16.5. The fraction of sp³-hybridized carbons (Fsp3) is 0.409. The van der Waals surface area contributed by atoms with Gasteiger partial charge in [-0.05, 0) is 43.7 Å². The molecule has 2 aliphatic rings. The van der Waals surface area contributed by atoms with Crippen LogP contribution in [0.15, 0.2) is 52.4 Å². The molecule has 1 aliphatic carbocycles. The Hall–Kier alpha value is -3.13. The maximum Gasteiger partial charge on any atom is 0.324 e. The van der Waals surface area contributed by atoms with Gasteiger partial charge in [0.2, 0.25) is 0 Å². The predicted molar refractivity (Wildman–Crippen MR) is 117 cm³/mol. The highest BCUT2D eigenvalue weighted by Crippen LogP contribution is 2.50. The zero-order valence-corrected chi connectivity index (χ0v) is 17.4. The number of aliphatic imine (C=N–C) groups is 1. The molecule has 8 heteroatoms. The van der Waals surface area contributed by atoms with Crippen LogP contribution in [0.2, 0.25) is 0 Å². The minimum atomic E-state index is -0.696. The molecule has 2 fully saturated rings. The summed E-state index contributed by atoms with van der Waals surface area (Å²) in [5.41, 5.74) is 13.0. The number of nitrogens with zero attached hydrogens (tertiary/aromatic N) is 4. The molecule has 158 valence electrons. The Morgan fingerprint density at radius 3 is 2.57 bits per heavy atom. The van der Waals surface area contributed by atoms with E-state index in [0.717, 1.165) is 29.5 Å². The van der Waals surface area contributed by atoms with Crippen LogP contribution in [-0.4, -0.2) is 40.2 Å². The van der Waals surface area contributed by atoms with Gasteiger partial charge in [0, 0.05) is 18.0 Å². The Balaban J connectivity index is 1.60. The minimum Gasteiger partial charge on any atom is -0.404 e. The van der Waals surface area contributed by atoms with Crippen molar-refractivity contribution in [3.05, 3.63) is 59.8 Å². The van der Waals surface area contributed by atoms with Gasteiger partial charge in [-0.25, -0.2) is 4.99 Å². The lowest BCUT2D eigenvalue weighted by Gasteiger charge is -2.42. The van der Waals surface area contributed by atoms with E-state index < -0.39 is 5.60 Å². The highest BCUT2D eigenvalue weighted by molar-refractivity contribution is 6.09. The second kappa shape index (κ2) is 7.28. The Bertz CT molecular complexity index is 995. The molecule has 0 radical (unpaired) electrons. The molecule has 0 bridgehead atoms. The van der Waals surface area contributed by atoms with Crippen molar-refractivity contribution in [2.75, 3.05) is 18.0 Å². The van der Waals surface area contributed by atoms with Gasteiger partial charge < -0.3 is 26.0 Å². The summed E-state index contributed by atoms with van der Waals surface area (Å²) in [5.74, 6) is 1.36. The molecular formula is C22H28N6O2. The van der Waals surface area contributed by atoms with Gasteiger partial charge >= 0.3 is 6.01 Å². The summed E-state index contributed by atoms with van der Waals surface area (Å²) in [6, 6.07) is 8.63. The van der Waals surface area contributed by atoms with E-state index in [0.29, 0.717) is 30.8 Å². The largest absolute Gasteiger partial charge is 0.404 e. The molecule has 0 spiro atoms. The topological polar surface area (TPSA) is 127 Å². The van der Waals surface area contributed by atoms with Crippen LogP contribution in [-0.2, 0) is 5.41 Å². The Morgan fingerprint density at radius 2 is 2.03 bits per heavy atom. The quantitative estimate of drug-likeness (QED) is 0.599. The van der Waals surface area contributed by atoms with Crippen molar-refractivity contribution in [1.82, 2.24) is 10.1 Å². The number of hydrogen-bond donors (Lipinski definition) is 3. The van der Waals surface area contributed by atoms with E-state index in [-0.39, 0.29) is 11.2 Å². The van der Waals surface area contributed by atoms with Crippen molar-refractivity contribution in [2.45, 2.75) is 37.7 Å². The molecule has 1 aromatic carbocycles. The van der Waals surface area contributed by atoms with Gasteiger partial charge in [0.1, 0.15) is 5.82 Å². The predicted octanol–water partition coefficient (Wildman–Crippen LogP) is 2.16. The van der Waals surface area contributed by atoms with Crippen molar-refractivity contribution < 1.29 is 9.63 Å². The first-order valence-corrected chi connectivity index (χ1v) is 10.1. The van der Waals surface area contributed by atoms with Crippen LogP contribution in [0.1, 0.15) is 43.6 Å². The molecule has 5 N–H and O–H groups in total. The summed E-state index contributed by atoms with van der Waals surface area (Å²) in [7, 11) is 0. The van der Waals surface area contributed by atoms with Crippen LogP contribution in [0.4, 0.5) is 6.01 Å². The zero-order valence-electron chi connectivity index (χ0n) is 17.4. The van der Waals surface area contributed by atoms with Gasteiger partial charge in [0.05, 0.1) is 24.1 Å². The number of aromatic nitrogens is 2. The van der Waals surface area contributed by atoms with Crippen LogP contribution in [0, 0.1) is 5.92 Å². The summed E-state index contributed by atoms with van der Waals surface area (Å²) in [6.07, 6.45) is 5.35. The molecule has 1 unspecified atom stereocenters. The van der Waals surface area contributed by atoms with E-state index in [2.05, 4.69) is 35.8 Å². The lowest BCUT2D eigenvalue weighted by atomic mass is 9.76. The van der Waals surface area contributed by atoms with Crippen LogP contribution >= 0.6 is 0 Å². The van der Waals surface area contributed by atoms with Gasteiger partial charge in [-0.15, -0.1) is 0 Å². The Labute approximate surface area is 176 Å². The van der Waals surface area contributed by atoms with E-state index in [4.69, 9.17) is 21.0 Å². The van der Waals surface area contributed by atoms with E-state index >= 15 is 0 Å². The number of aliphatic hydroxyl groups is 1. The molecule has 4 rings (SSSR count). The molecule has 1 saturated carbocycles. The van der Waals surface area contributed by atoms with Gasteiger partial charge in [0.25, 0.3) is 0 Å². The molecule has 2 heterocycles. The van der Waals surface area contributed by atoms with E-state index in [1.807, 2.05) is 17.0 Å². The number of anilines is 1. The maximum absolute atomic E-state index is 9.98. The molecular weight excluding hydrogens is 380 g/mol. The highest BCUT2D eigenvalue weighted by Gasteiger charge is 2.48. The van der Waals surface area contributed by atoms with Gasteiger partial charge in [-0.3, -0.25) is 0 Å². The molecule has 8 nitrogen and oxygen atoms in total. The van der Waals surface area contributed by atoms with E-state index in [9.17, 15) is 5.11 Å². The molecule has 1 saturated heterocycles. The molecule has 30 heavy (non-hydrogen) atoms. The fourth-order valence-electron chi connectivity index (χ4n) is 4.05. The third-order valence-corrected chi connectivity index (χ3v) is 5.97. The summed E-state index contributed by atoms with van der Waals surface area (Å²) < 4.78 is 5.53. The first-order chi connectivity index (χ1) is 14.2. The number of nitrogens with two attached hydrogens (primary N) is 2. The van der Waals surface area contributed by atoms with Crippen LogP contribution in [0.3, 0.4) is 0 Å². The fourth-order valence-corrected chi connectivity index (χ4v) is 4.05. The van der Waals surface area contributed by atoms with Crippen LogP contribution in [0.25, 0.3) is 5.57 Å². The number of benzene rings is 1. The van der Waals surface area contributed by atoms with E-state index in [1.54, 1.807) is 13.1 Å². The third-order valence-electron chi connectivity index (χ3n) is 5.97. The molecule has 2 aromatic rings. The van der Waals surface area contributed by atoms with Gasteiger partial charge in [0.15, 0.2) is 5.82 Å². The van der Waals surface area contributed by atoms with Crippen LogP contribution < -0.4 is 16.4 Å². The van der Waals surface area contributed by atoms with Gasteiger partial charge in [-0.2, -0.15) is 4.98 Å². The lowest BCUT2D eigenvalue weighted by Crippen LogP contribution is -2.60. The summed E-state index contributed by atoms with van der Waals surface area (Å²) in [4.78, 5) is 10.6. The number of hydrogen-bond acceptors (Lipinski definition) is 8. The average Bonchev–Trinajstić information content (AvgIpc) is 3.43. The number of rotatable bonds is 7. The number of β-amino-alcohol motifs (C(OH)–C–C–N with tert-alkyl or cyclic N) is 1. The van der Waals surface area contributed by atoms with Crippen LogP contribution in [0.5, 0.6) is 0 Å². The Kier molecular flexibility index (Phi) is 4.89. The normalized spacial score (nSPS) is 20.8. The SMILES string of the molecule is C=C(N)/N=C\C(=C/N)c1ccc(C(C)(c2noc(N3CC(C)(O)C3)n2)C2CC2)cc1. The van der Waals surface area contributed by atoms with E-state index in [1.165, 1.54) is 6.20 Å². The van der Waals surface area contributed by atoms with Gasteiger partial charge in [-0.1, -0.05) is 36.0 Å². The third kappa shape index (κ3) is 3.70. The smallest absolute Gasteiger partial charge is 0.324 e. The molecule has 0 amide bonds. The summed E-state index contributed by atoms with van der Waals surface area (Å²) in [5, 5.41) is 14.3. The maximum atomic E-state index is 9.98. The molecule has 1 aliphatic heterocycles. The van der Waals surface area contributed by atoms with Crippen molar-refractivity contribution in [2.24, 2.45) is 22.4 Å². The summed E-state index contributed by atoms with van der Waals surface area (Å²) >= 11 is 0. The zero-order chi connectivity index (χ0) is 21.5. The lowest BCUT2D eigenvalue weighted by molar-refractivity contribution is 0.0272. The molecule has 1 atom stereocenters. The monoisotopic (exact) mass is 408 g/mol. The molecule has 1 aromatic heterocycles. The first-order valence-electron chi connectivity index (χ1n) is 10.1. The minimum absolute atomic E-state index is 0.226. The standard InChI is InChI=1S/C22H28N6O2/c1-14(24)25-11-16(10-23)15-4-6-17(7-5-15)22(3,18-8-9-18)19-26-20(30-27-19)28-12-21(2,29)13-28/h4-7,10-11,18,29H,1,8-9,12-13,23-24H2,2-3H3/b16-10+,25-11-. The Morgan fingerprint density at radius 1 is 1.37 bits per heavy atom. The summed E-state index contributed by atoms with van der Waals surface area (Å²) in [6.45, 7) is 8.52. The van der Waals surface area contributed by atoms with Crippen molar-refractivity contribution in [1.29, 1.82) is 0 Å². The second-order valence-corrected chi connectivity index (χ2v) is 8.68. The van der Waals surface area contributed by atoms with Crippen molar-refractivity contribution in [3.8, 4) is 0 Å².